The van der Waals surface area contributed by atoms with Crippen LogP contribution >= 0.6 is 0 Å². The Bertz CT molecular complexity index is 1230. The van der Waals surface area contributed by atoms with Gasteiger partial charge in [0.1, 0.15) is 6.61 Å². The summed E-state index contributed by atoms with van der Waals surface area (Å²) in [4.78, 5) is 52.8. The van der Waals surface area contributed by atoms with E-state index in [1.165, 1.54) is 20.3 Å². The van der Waals surface area contributed by atoms with E-state index in [1.54, 1.807) is 56.3 Å². The van der Waals surface area contributed by atoms with Gasteiger partial charge in [-0.05, 0) is 37.6 Å². The maximum atomic E-state index is 13.5. The van der Waals surface area contributed by atoms with Crippen LogP contribution in [0.25, 0.3) is 11.1 Å². The molecular formula is C26H26N2O7. The van der Waals surface area contributed by atoms with Gasteiger partial charge < -0.3 is 14.8 Å². The molecule has 9 nitrogen and oxygen atoms in total. The highest BCUT2D eigenvalue weighted by Gasteiger charge is 2.28. The number of nitrogens with zero attached hydrogens (tertiary/aromatic N) is 1. The lowest BCUT2D eigenvalue weighted by atomic mass is 9.92. The third kappa shape index (κ3) is 6.08. The number of anilines is 1. The fraction of sp³-hybridized carbons (Fsp3) is 0.231. The molecule has 0 aliphatic rings. The van der Waals surface area contributed by atoms with Gasteiger partial charge >= 0.3 is 11.9 Å². The van der Waals surface area contributed by atoms with Crippen molar-refractivity contribution >= 4 is 23.5 Å². The zero-order valence-corrected chi connectivity index (χ0v) is 19.9. The predicted molar refractivity (Wildman–Crippen MR) is 128 cm³/mol. The predicted octanol–water partition coefficient (Wildman–Crippen LogP) is 4.14. The molecule has 1 amide bonds. The number of methoxy groups -OCH3 is 2. The summed E-state index contributed by atoms with van der Waals surface area (Å²) in [5.41, 5.74) is 2.73. The van der Waals surface area contributed by atoms with Gasteiger partial charge in [-0.3, -0.25) is 14.7 Å². The number of benzene rings is 2. The van der Waals surface area contributed by atoms with Crippen LogP contribution in [0.4, 0.5) is 5.69 Å². The largest absolute Gasteiger partial charge is 0.465 e. The van der Waals surface area contributed by atoms with Crippen LogP contribution in [0.1, 0.15) is 42.5 Å². The van der Waals surface area contributed by atoms with Crippen LogP contribution in [-0.4, -0.2) is 50.3 Å². The van der Waals surface area contributed by atoms with Crippen LogP contribution in [-0.2, 0) is 19.2 Å². The molecule has 3 rings (SSSR count). The first-order chi connectivity index (χ1) is 16.9. The van der Waals surface area contributed by atoms with Crippen LogP contribution in [0.5, 0.6) is 0 Å². The van der Waals surface area contributed by atoms with Gasteiger partial charge in [-0.25, -0.2) is 9.59 Å². The number of carbonyl (C=O) groups is 3. The van der Waals surface area contributed by atoms with Crippen molar-refractivity contribution in [3.63, 3.8) is 0 Å². The van der Waals surface area contributed by atoms with E-state index in [0.717, 1.165) is 0 Å². The molecule has 0 aliphatic carbocycles. The molecule has 0 bridgehead atoms. The maximum absolute atomic E-state index is 13.5. The van der Waals surface area contributed by atoms with E-state index < -0.39 is 17.8 Å². The average molecular weight is 479 g/mol. The molecule has 0 fully saturated rings. The summed E-state index contributed by atoms with van der Waals surface area (Å²) in [6.45, 7) is 3.63. The molecule has 0 aliphatic heterocycles. The van der Waals surface area contributed by atoms with E-state index >= 15 is 0 Å². The number of hydrogen-bond donors (Lipinski definition) is 1. The summed E-state index contributed by atoms with van der Waals surface area (Å²) >= 11 is 0. The van der Waals surface area contributed by atoms with Crippen molar-refractivity contribution < 1.29 is 33.6 Å². The van der Waals surface area contributed by atoms with Crippen LogP contribution in [0.15, 0.2) is 54.6 Å². The smallest absolute Gasteiger partial charge is 0.375 e. The Kier molecular flexibility index (Phi) is 8.66. The zero-order valence-electron chi connectivity index (χ0n) is 19.9. The van der Waals surface area contributed by atoms with Gasteiger partial charge in [0.25, 0.3) is 5.91 Å². The van der Waals surface area contributed by atoms with E-state index in [0.29, 0.717) is 28.2 Å². The highest BCUT2D eigenvalue weighted by Crippen LogP contribution is 2.32. The Morgan fingerprint density at radius 1 is 0.857 bits per heavy atom. The molecule has 1 aromatic heterocycles. The number of ether oxygens (including phenoxy) is 2. The Hall–Kier alpha value is -4.08. The molecule has 3 aromatic rings. The monoisotopic (exact) mass is 478 g/mol. The first kappa shape index (κ1) is 25.5. The third-order valence-corrected chi connectivity index (χ3v) is 5.10. The lowest BCUT2D eigenvalue weighted by Crippen LogP contribution is -2.20. The van der Waals surface area contributed by atoms with Crippen molar-refractivity contribution in [2.75, 3.05) is 32.8 Å². The molecular weight excluding hydrogens is 452 g/mol. The molecule has 1 heterocycles. The van der Waals surface area contributed by atoms with Gasteiger partial charge in [0.2, 0.25) is 0 Å². The lowest BCUT2D eigenvalue weighted by Gasteiger charge is -2.18. The number of aryl methyl sites for hydroxylation is 2. The second-order valence-electron chi connectivity index (χ2n) is 7.49. The number of carbonyl (C=O) groups excluding carboxylic acids is 3. The summed E-state index contributed by atoms with van der Waals surface area (Å²) in [5, 5.41) is 2.79. The minimum absolute atomic E-state index is 0.0468. The number of aromatic nitrogens is 1. The fourth-order valence-electron chi connectivity index (χ4n) is 3.56. The molecule has 0 saturated heterocycles. The quantitative estimate of drug-likeness (QED) is 0.211. The summed E-state index contributed by atoms with van der Waals surface area (Å²) in [6.07, 6.45) is 0. The molecule has 0 saturated carbocycles. The molecule has 0 spiro atoms. The van der Waals surface area contributed by atoms with Crippen molar-refractivity contribution in [1.82, 2.24) is 4.98 Å². The molecule has 182 valence electrons. The molecule has 9 heteroatoms. The fourth-order valence-corrected chi connectivity index (χ4v) is 3.56. The van der Waals surface area contributed by atoms with Crippen LogP contribution in [0, 0.1) is 13.8 Å². The molecule has 0 atom stereocenters. The molecule has 0 radical (unpaired) electrons. The van der Waals surface area contributed by atoms with Gasteiger partial charge in [-0.1, -0.05) is 36.4 Å². The Balaban J connectivity index is 2.07. The highest BCUT2D eigenvalue weighted by molar-refractivity contribution is 6.13. The normalized spacial score (nSPS) is 10.5. The van der Waals surface area contributed by atoms with Gasteiger partial charge in [0, 0.05) is 18.4 Å². The third-order valence-electron chi connectivity index (χ3n) is 5.10. The number of amides is 1. The van der Waals surface area contributed by atoms with Crippen molar-refractivity contribution in [2.45, 2.75) is 13.8 Å². The van der Waals surface area contributed by atoms with Crippen LogP contribution in [0.2, 0.25) is 0 Å². The van der Waals surface area contributed by atoms with Crippen LogP contribution in [0.3, 0.4) is 0 Å². The number of rotatable bonds is 9. The second kappa shape index (κ2) is 11.9. The summed E-state index contributed by atoms with van der Waals surface area (Å²) in [6, 6.07) is 15.3. The minimum Gasteiger partial charge on any atom is -0.465 e. The highest BCUT2D eigenvalue weighted by atomic mass is 17.2. The number of hydrogen-bond acceptors (Lipinski definition) is 8. The topological polar surface area (TPSA) is 113 Å². The average Bonchev–Trinajstić information content (AvgIpc) is 2.86. The summed E-state index contributed by atoms with van der Waals surface area (Å²) < 4.78 is 9.64. The van der Waals surface area contributed by atoms with E-state index in [1.807, 2.05) is 6.07 Å². The lowest BCUT2D eigenvalue weighted by molar-refractivity contribution is -0.246. The SMILES string of the molecule is COCCOOC(=O)c1c(C)nc(C)c(C(=O)Nc2cccc(C(=O)OC)c2)c1-c1ccccc1. The van der Waals surface area contributed by atoms with Gasteiger partial charge in [0.15, 0.2) is 0 Å². The summed E-state index contributed by atoms with van der Waals surface area (Å²) in [5.74, 6) is -1.82. The van der Waals surface area contributed by atoms with E-state index in [2.05, 4.69) is 10.3 Å². The molecule has 35 heavy (non-hydrogen) atoms. The van der Waals surface area contributed by atoms with Gasteiger partial charge in [-0.2, -0.15) is 4.89 Å². The Morgan fingerprint density at radius 2 is 1.57 bits per heavy atom. The van der Waals surface area contributed by atoms with E-state index in [9.17, 15) is 14.4 Å². The first-order valence-corrected chi connectivity index (χ1v) is 10.8. The van der Waals surface area contributed by atoms with Crippen molar-refractivity contribution in [3.05, 3.63) is 82.7 Å². The summed E-state index contributed by atoms with van der Waals surface area (Å²) in [7, 11) is 2.78. The van der Waals surface area contributed by atoms with Crippen LogP contribution < -0.4 is 5.32 Å². The number of nitrogens with one attached hydrogen (secondary N) is 1. The standard InChI is InChI=1S/C26H26N2O7/c1-16-21(24(29)28-20-12-8-11-19(15-20)25(30)33-4)23(18-9-6-5-7-10-18)22(17(2)27-16)26(31)35-34-14-13-32-3/h5-12,15H,13-14H2,1-4H3,(H,28,29). The van der Waals surface area contributed by atoms with Crippen molar-refractivity contribution in [1.29, 1.82) is 0 Å². The minimum atomic E-state index is -0.785. The maximum Gasteiger partial charge on any atom is 0.375 e. The van der Waals surface area contributed by atoms with Crippen molar-refractivity contribution in [2.24, 2.45) is 0 Å². The molecule has 1 N–H and O–H groups in total. The second-order valence-corrected chi connectivity index (χ2v) is 7.49. The number of esters is 1. The molecule has 2 aromatic carbocycles. The number of pyridine rings is 1. The van der Waals surface area contributed by atoms with Crippen molar-refractivity contribution in [3.8, 4) is 11.1 Å². The molecule has 0 unspecified atom stereocenters. The van der Waals surface area contributed by atoms with E-state index in [4.69, 9.17) is 19.2 Å². The van der Waals surface area contributed by atoms with Gasteiger partial charge in [0.05, 0.1) is 41.8 Å². The first-order valence-electron chi connectivity index (χ1n) is 10.8. The van der Waals surface area contributed by atoms with E-state index in [-0.39, 0.29) is 29.9 Å². The Labute approximate surface area is 202 Å². The Morgan fingerprint density at radius 3 is 2.26 bits per heavy atom. The van der Waals surface area contributed by atoms with Gasteiger partial charge in [-0.15, -0.1) is 0 Å². The zero-order chi connectivity index (χ0) is 25.4.